The highest BCUT2D eigenvalue weighted by Gasteiger charge is 2.10. The molecule has 0 bridgehead atoms. The van der Waals surface area contributed by atoms with Crippen LogP contribution in [0.5, 0.6) is 0 Å². The molecule has 0 atom stereocenters. The zero-order valence-corrected chi connectivity index (χ0v) is 13.5. The van der Waals surface area contributed by atoms with E-state index in [0.717, 1.165) is 17.7 Å². The second-order valence-corrected chi connectivity index (χ2v) is 7.21. The number of rotatable bonds is 7. The summed E-state index contributed by atoms with van der Waals surface area (Å²) in [6.45, 7) is 4.28. The Morgan fingerprint density at radius 2 is 1.90 bits per heavy atom. The fourth-order valence-electron chi connectivity index (χ4n) is 1.83. The molecule has 0 aliphatic heterocycles. The average Bonchev–Trinajstić information content (AvgIpc) is 2.40. The van der Waals surface area contributed by atoms with E-state index in [0.29, 0.717) is 5.92 Å². The molecule has 0 spiro atoms. The minimum Gasteiger partial charge on any atom is -0.337 e. The van der Waals surface area contributed by atoms with Crippen molar-refractivity contribution < 1.29 is 13.2 Å². The molecule has 118 valence electrons. The molecule has 7 heteroatoms. The standard InChI is InChI=1S/C14H23N3O3S/c1-11(2)10-12-6-4-5-7-13(12)17-14(18)16-8-9-21(19,20)15-3/h4-7,11,15H,8-10H2,1-3H3,(H2,16,17,18). The Bertz CT molecular complexity index is 571. The van der Waals surface area contributed by atoms with E-state index in [1.165, 1.54) is 7.05 Å². The SMILES string of the molecule is CNS(=O)(=O)CCNC(=O)Nc1ccccc1CC(C)C. The lowest BCUT2D eigenvalue weighted by atomic mass is 10.0. The van der Waals surface area contributed by atoms with Crippen molar-refractivity contribution in [2.75, 3.05) is 24.7 Å². The van der Waals surface area contributed by atoms with Gasteiger partial charge in [-0.05, 0) is 31.0 Å². The summed E-state index contributed by atoms with van der Waals surface area (Å²) in [6.07, 6.45) is 0.866. The van der Waals surface area contributed by atoms with Crippen LogP contribution < -0.4 is 15.4 Å². The van der Waals surface area contributed by atoms with E-state index >= 15 is 0 Å². The predicted molar refractivity (Wildman–Crippen MR) is 84.9 cm³/mol. The first kappa shape index (κ1) is 17.5. The van der Waals surface area contributed by atoms with Gasteiger partial charge in [0.15, 0.2) is 0 Å². The van der Waals surface area contributed by atoms with Gasteiger partial charge in [0.05, 0.1) is 5.75 Å². The van der Waals surface area contributed by atoms with Crippen molar-refractivity contribution in [1.29, 1.82) is 0 Å². The molecule has 1 aromatic rings. The molecular formula is C14H23N3O3S. The summed E-state index contributed by atoms with van der Waals surface area (Å²) in [5.41, 5.74) is 1.81. The monoisotopic (exact) mass is 313 g/mol. The highest BCUT2D eigenvalue weighted by molar-refractivity contribution is 7.89. The number of sulfonamides is 1. The Morgan fingerprint density at radius 3 is 2.52 bits per heavy atom. The molecule has 21 heavy (non-hydrogen) atoms. The molecule has 0 saturated heterocycles. The fraction of sp³-hybridized carbons (Fsp3) is 0.500. The first-order valence-corrected chi connectivity index (χ1v) is 8.53. The van der Waals surface area contributed by atoms with E-state index in [1.807, 2.05) is 24.3 Å². The van der Waals surface area contributed by atoms with Gasteiger partial charge in [-0.25, -0.2) is 17.9 Å². The summed E-state index contributed by atoms with van der Waals surface area (Å²) in [4.78, 5) is 11.8. The van der Waals surface area contributed by atoms with Gasteiger partial charge in [-0.15, -0.1) is 0 Å². The zero-order chi connectivity index (χ0) is 15.9. The quantitative estimate of drug-likeness (QED) is 0.714. The Kier molecular flexibility index (Phi) is 6.64. The number of nitrogens with one attached hydrogen (secondary N) is 3. The lowest BCUT2D eigenvalue weighted by Crippen LogP contribution is -2.35. The number of urea groups is 1. The van der Waals surface area contributed by atoms with E-state index in [-0.39, 0.29) is 12.3 Å². The van der Waals surface area contributed by atoms with Gasteiger partial charge in [-0.2, -0.15) is 0 Å². The van der Waals surface area contributed by atoms with Gasteiger partial charge in [-0.3, -0.25) is 0 Å². The van der Waals surface area contributed by atoms with Crippen molar-refractivity contribution in [3.05, 3.63) is 29.8 Å². The Hall–Kier alpha value is -1.60. The van der Waals surface area contributed by atoms with Crippen LogP contribution in [0, 0.1) is 5.92 Å². The van der Waals surface area contributed by atoms with Crippen LogP contribution in [-0.2, 0) is 16.4 Å². The molecule has 1 aromatic carbocycles. The lowest BCUT2D eigenvalue weighted by molar-refractivity contribution is 0.252. The second kappa shape index (κ2) is 7.99. The maximum Gasteiger partial charge on any atom is 0.319 e. The Morgan fingerprint density at radius 1 is 1.24 bits per heavy atom. The van der Waals surface area contributed by atoms with Crippen molar-refractivity contribution in [3.8, 4) is 0 Å². The van der Waals surface area contributed by atoms with E-state index < -0.39 is 16.1 Å². The number of hydrogen-bond donors (Lipinski definition) is 3. The number of carbonyl (C=O) groups excluding carboxylic acids is 1. The minimum atomic E-state index is -3.30. The molecule has 1 rings (SSSR count). The minimum absolute atomic E-state index is 0.0569. The summed E-state index contributed by atoms with van der Waals surface area (Å²) in [6, 6.07) is 7.19. The molecule has 0 heterocycles. The van der Waals surface area contributed by atoms with Gasteiger partial charge in [0.25, 0.3) is 0 Å². The summed E-state index contributed by atoms with van der Waals surface area (Å²) in [5.74, 6) is 0.335. The third kappa shape index (κ3) is 6.59. The molecule has 0 unspecified atom stereocenters. The third-order valence-corrected chi connectivity index (χ3v) is 4.22. The van der Waals surface area contributed by atoms with Gasteiger partial charge >= 0.3 is 6.03 Å². The van der Waals surface area contributed by atoms with E-state index in [2.05, 4.69) is 29.2 Å². The smallest absolute Gasteiger partial charge is 0.319 e. The first-order chi connectivity index (χ1) is 9.84. The molecule has 0 saturated carbocycles. The van der Waals surface area contributed by atoms with Crippen LogP contribution in [0.4, 0.5) is 10.5 Å². The highest BCUT2D eigenvalue weighted by atomic mass is 32.2. The van der Waals surface area contributed by atoms with E-state index in [4.69, 9.17) is 0 Å². The van der Waals surface area contributed by atoms with Gasteiger partial charge in [0, 0.05) is 12.2 Å². The summed E-state index contributed by atoms with van der Waals surface area (Å²) >= 11 is 0. The molecule has 0 aliphatic rings. The van der Waals surface area contributed by atoms with Crippen molar-refractivity contribution in [1.82, 2.24) is 10.0 Å². The zero-order valence-electron chi connectivity index (χ0n) is 12.6. The molecule has 0 aliphatic carbocycles. The molecule has 6 nitrogen and oxygen atoms in total. The number of carbonyl (C=O) groups is 1. The molecule has 3 N–H and O–H groups in total. The van der Waals surface area contributed by atoms with Gasteiger partial charge < -0.3 is 10.6 Å². The Balaban J connectivity index is 2.55. The maximum absolute atomic E-state index is 11.8. The number of amides is 2. The number of para-hydroxylation sites is 1. The van der Waals surface area contributed by atoms with Crippen molar-refractivity contribution in [2.24, 2.45) is 5.92 Å². The van der Waals surface area contributed by atoms with Crippen LogP contribution in [0.25, 0.3) is 0 Å². The molecule has 0 radical (unpaired) electrons. The number of hydrogen-bond acceptors (Lipinski definition) is 3. The van der Waals surface area contributed by atoms with Gasteiger partial charge in [0.1, 0.15) is 0 Å². The fourth-order valence-corrected chi connectivity index (χ4v) is 2.40. The third-order valence-electron chi connectivity index (χ3n) is 2.86. The molecule has 0 fully saturated rings. The van der Waals surface area contributed by atoms with Crippen molar-refractivity contribution in [3.63, 3.8) is 0 Å². The average molecular weight is 313 g/mol. The second-order valence-electron chi connectivity index (χ2n) is 5.16. The van der Waals surface area contributed by atoms with Crippen LogP contribution in [0.2, 0.25) is 0 Å². The van der Waals surface area contributed by atoms with Crippen LogP contribution in [0.1, 0.15) is 19.4 Å². The predicted octanol–water partition coefficient (Wildman–Crippen LogP) is 1.56. The summed E-state index contributed by atoms with van der Waals surface area (Å²) < 4.78 is 24.7. The molecule has 0 aromatic heterocycles. The van der Waals surface area contributed by atoms with Crippen LogP contribution in [0.3, 0.4) is 0 Å². The molecule has 2 amide bonds. The Labute approximate surface area is 126 Å². The highest BCUT2D eigenvalue weighted by Crippen LogP contribution is 2.18. The van der Waals surface area contributed by atoms with E-state index in [9.17, 15) is 13.2 Å². The maximum atomic E-state index is 11.8. The largest absolute Gasteiger partial charge is 0.337 e. The normalized spacial score (nSPS) is 11.4. The van der Waals surface area contributed by atoms with Crippen LogP contribution in [-0.4, -0.2) is 33.8 Å². The van der Waals surface area contributed by atoms with Crippen molar-refractivity contribution in [2.45, 2.75) is 20.3 Å². The summed E-state index contributed by atoms with van der Waals surface area (Å²) in [7, 11) is -1.96. The first-order valence-electron chi connectivity index (χ1n) is 6.88. The van der Waals surface area contributed by atoms with Crippen molar-refractivity contribution >= 4 is 21.7 Å². The lowest BCUT2D eigenvalue weighted by Gasteiger charge is -2.13. The topological polar surface area (TPSA) is 87.3 Å². The van der Waals surface area contributed by atoms with Gasteiger partial charge in [0.2, 0.25) is 10.0 Å². The van der Waals surface area contributed by atoms with E-state index in [1.54, 1.807) is 0 Å². The van der Waals surface area contributed by atoms with Crippen LogP contribution in [0.15, 0.2) is 24.3 Å². The number of anilines is 1. The van der Waals surface area contributed by atoms with Gasteiger partial charge in [-0.1, -0.05) is 32.0 Å². The molecular weight excluding hydrogens is 290 g/mol. The number of benzene rings is 1. The summed E-state index contributed by atoms with van der Waals surface area (Å²) in [5, 5.41) is 5.29. The van der Waals surface area contributed by atoms with Crippen LogP contribution >= 0.6 is 0 Å².